The van der Waals surface area contributed by atoms with Crippen LogP contribution < -0.4 is 4.72 Å². The zero-order valence-electron chi connectivity index (χ0n) is 13.7. The van der Waals surface area contributed by atoms with Gasteiger partial charge in [0, 0.05) is 19.9 Å². The highest BCUT2D eigenvalue weighted by molar-refractivity contribution is 7.91. The summed E-state index contributed by atoms with van der Waals surface area (Å²) in [4.78, 5) is 0. The van der Waals surface area contributed by atoms with Crippen LogP contribution in [-0.2, 0) is 27.1 Å². The summed E-state index contributed by atoms with van der Waals surface area (Å²) in [6, 6.07) is 9.07. The third kappa shape index (κ3) is 5.69. The summed E-state index contributed by atoms with van der Waals surface area (Å²) in [6.07, 6.45) is 3.98. The van der Waals surface area contributed by atoms with E-state index in [0.717, 1.165) is 12.0 Å². The molecule has 0 fully saturated rings. The summed E-state index contributed by atoms with van der Waals surface area (Å²) in [6.45, 7) is 4.65. The van der Waals surface area contributed by atoms with E-state index in [1.807, 2.05) is 32.0 Å². The molecule has 6 nitrogen and oxygen atoms in total. The Morgan fingerprint density at radius 2 is 1.96 bits per heavy atom. The molecule has 0 saturated heterocycles. The van der Waals surface area contributed by atoms with Gasteiger partial charge in [0.25, 0.3) is 0 Å². The molecule has 2 rings (SSSR count). The Balaban J connectivity index is 1.95. The highest BCUT2D eigenvalue weighted by Crippen LogP contribution is 2.16. The van der Waals surface area contributed by atoms with Gasteiger partial charge in [-0.2, -0.15) is 5.10 Å². The molecule has 0 unspecified atom stereocenters. The van der Waals surface area contributed by atoms with Crippen molar-refractivity contribution in [3.63, 3.8) is 0 Å². The van der Waals surface area contributed by atoms with Gasteiger partial charge in [0.1, 0.15) is 0 Å². The van der Waals surface area contributed by atoms with E-state index in [9.17, 15) is 8.42 Å². The molecule has 7 heteroatoms. The number of rotatable bonds is 8. The van der Waals surface area contributed by atoms with Crippen LogP contribution in [0.1, 0.15) is 25.8 Å². The van der Waals surface area contributed by atoms with Gasteiger partial charge in [-0.25, -0.2) is 8.42 Å². The van der Waals surface area contributed by atoms with Crippen LogP contribution in [0.15, 0.2) is 42.7 Å². The molecular formula is C16H23N3O3S. The van der Waals surface area contributed by atoms with Crippen LogP contribution >= 0.6 is 0 Å². The maximum absolute atomic E-state index is 12.2. The molecule has 0 aliphatic rings. The van der Waals surface area contributed by atoms with Crippen molar-refractivity contribution in [3.05, 3.63) is 48.3 Å². The van der Waals surface area contributed by atoms with Gasteiger partial charge in [0.05, 0.1) is 23.2 Å². The van der Waals surface area contributed by atoms with E-state index in [0.29, 0.717) is 12.2 Å². The molecule has 0 radical (unpaired) electrons. The molecule has 1 N–H and O–H groups in total. The second-order valence-electron chi connectivity index (χ2n) is 6.05. The maximum atomic E-state index is 12.2. The third-order valence-electron chi connectivity index (χ3n) is 3.60. The molecule has 0 aliphatic heterocycles. The number of hydrogen-bond acceptors (Lipinski definition) is 4. The lowest BCUT2D eigenvalue weighted by atomic mass is 10.1. The van der Waals surface area contributed by atoms with E-state index in [4.69, 9.17) is 4.74 Å². The average Bonchev–Trinajstić information content (AvgIpc) is 2.92. The molecule has 126 valence electrons. The summed E-state index contributed by atoms with van der Waals surface area (Å²) in [5.74, 6) is -0.0598. The van der Waals surface area contributed by atoms with E-state index in [1.54, 1.807) is 30.1 Å². The minimum Gasteiger partial charge on any atom is -0.379 e. The number of nitrogens with one attached hydrogen (secondary N) is 1. The van der Waals surface area contributed by atoms with E-state index in [2.05, 4.69) is 9.82 Å². The molecule has 23 heavy (non-hydrogen) atoms. The largest absolute Gasteiger partial charge is 0.379 e. The Labute approximate surface area is 137 Å². The van der Waals surface area contributed by atoms with Crippen LogP contribution in [0.25, 0.3) is 0 Å². The van der Waals surface area contributed by atoms with Crippen molar-refractivity contribution in [2.75, 3.05) is 11.8 Å². The topological polar surface area (TPSA) is 73.2 Å². The van der Waals surface area contributed by atoms with Crippen molar-refractivity contribution in [3.8, 4) is 0 Å². The van der Waals surface area contributed by atoms with E-state index >= 15 is 0 Å². The van der Waals surface area contributed by atoms with Gasteiger partial charge in [-0.15, -0.1) is 0 Å². The van der Waals surface area contributed by atoms with E-state index in [1.165, 1.54) is 6.20 Å². The lowest BCUT2D eigenvalue weighted by Gasteiger charge is -2.22. The van der Waals surface area contributed by atoms with Crippen molar-refractivity contribution in [2.45, 2.75) is 38.2 Å². The molecule has 0 amide bonds. The lowest BCUT2D eigenvalue weighted by Crippen LogP contribution is -2.24. The Morgan fingerprint density at radius 3 is 2.61 bits per heavy atom. The predicted octanol–water partition coefficient (Wildman–Crippen LogP) is 2.64. The molecule has 0 saturated carbocycles. The third-order valence-corrected chi connectivity index (χ3v) is 4.86. The molecule has 1 aromatic carbocycles. The van der Waals surface area contributed by atoms with Crippen molar-refractivity contribution in [1.29, 1.82) is 0 Å². The minimum atomic E-state index is -3.45. The fraction of sp³-hybridized carbons (Fsp3) is 0.438. The van der Waals surface area contributed by atoms with Crippen LogP contribution in [0.5, 0.6) is 0 Å². The first-order valence-electron chi connectivity index (χ1n) is 7.42. The molecular weight excluding hydrogens is 314 g/mol. The van der Waals surface area contributed by atoms with Gasteiger partial charge < -0.3 is 4.74 Å². The summed E-state index contributed by atoms with van der Waals surface area (Å²) in [5, 5.41) is 4.18. The van der Waals surface area contributed by atoms with Gasteiger partial charge in [0.2, 0.25) is 10.0 Å². The smallest absolute Gasteiger partial charge is 0.237 e. The van der Waals surface area contributed by atoms with Crippen LogP contribution in [0.2, 0.25) is 0 Å². The van der Waals surface area contributed by atoms with Crippen molar-refractivity contribution in [1.82, 2.24) is 9.78 Å². The van der Waals surface area contributed by atoms with Crippen LogP contribution in [0, 0.1) is 0 Å². The van der Waals surface area contributed by atoms with Gasteiger partial charge in [-0.05, 0) is 25.8 Å². The van der Waals surface area contributed by atoms with Crippen LogP contribution in [-0.4, -0.2) is 30.9 Å². The Hall–Kier alpha value is -1.86. The number of benzene rings is 1. The maximum Gasteiger partial charge on any atom is 0.237 e. The number of sulfonamides is 1. The first-order chi connectivity index (χ1) is 10.8. The molecule has 2 aromatic rings. The standard InChI is InChI=1S/C16H23N3O3S/c1-16(2,22-3)9-10-19-12-15(11-17-19)18-23(20,21)13-14-7-5-4-6-8-14/h4-8,11-12,18H,9-10,13H2,1-3H3. The predicted molar refractivity (Wildman–Crippen MR) is 90.6 cm³/mol. The summed E-state index contributed by atoms with van der Waals surface area (Å²) in [5.41, 5.74) is 0.976. The number of aromatic nitrogens is 2. The molecule has 0 spiro atoms. The van der Waals surface area contributed by atoms with E-state index in [-0.39, 0.29) is 11.4 Å². The number of aryl methyl sites for hydroxylation is 1. The average molecular weight is 337 g/mol. The normalized spacial score (nSPS) is 12.3. The fourth-order valence-electron chi connectivity index (χ4n) is 2.03. The number of ether oxygens (including phenoxy) is 1. The Kier molecular flexibility index (Phi) is 5.43. The Morgan fingerprint density at radius 1 is 1.26 bits per heavy atom. The summed E-state index contributed by atoms with van der Waals surface area (Å²) in [7, 11) is -1.78. The number of nitrogens with zero attached hydrogens (tertiary/aromatic N) is 2. The highest BCUT2D eigenvalue weighted by Gasteiger charge is 2.17. The van der Waals surface area contributed by atoms with Gasteiger partial charge in [-0.3, -0.25) is 9.40 Å². The van der Waals surface area contributed by atoms with Gasteiger partial charge in [-0.1, -0.05) is 30.3 Å². The van der Waals surface area contributed by atoms with E-state index < -0.39 is 10.0 Å². The van der Waals surface area contributed by atoms with Crippen LogP contribution in [0.3, 0.4) is 0 Å². The molecule has 1 heterocycles. The van der Waals surface area contributed by atoms with Crippen molar-refractivity contribution in [2.24, 2.45) is 0 Å². The monoisotopic (exact) mass is 337 g/mol. The molecule has 0 aliphatic carbocycles. The Bertz CT molecular complexity index is 724. The number of methoxy groups -OCH3 is 1. The molecule has 1 aromatic heterocycles. The summed E-state index contributed by atoms with van der Waals surface area (Å²) < 4.78 is 34.0. The quantitative estimate of drug-likeness (QED) is 0.804. The molecule has 0 bridgehead atoms. The number of hydrogen-bond donors (Lipinski definition) is 1. The van der Waals surface area contributed by atoms with Gasteiger partial charge >= 0.3 is 0 Å². The minimum absolute atomic E-state index is 0.0598. The highest BCUT2D eigenvalue weighted by atomic mass is 32.2. The van der Waals surface area contributed by atoms with Crippen LogP contribution in [0.4, 0.5) is 5.69 Å². The zero-order chi connectivity index (χ0) is 16.9. The first-order valence-corrected chi connectivity index (χ1v) is 9.07. The van der Waals surface area contributed by atoms with Crippen molar-refractivity contribution < 1.29 is 13.2 Å². The SMILES string of the molecule is COC(C)(C)CCn1cc(NS(=O)(=O)Cc2ccccc2)cn1. The molecule has 0 atom stereocenters. The lowest BCUT2D eigenvalue weighted by molar-refractivity contribution is 0.0113. The second kappa shape index (κ2) is 7.14. The second-order valence-corrected chi connectivity index (χ2v) is 7.77. The zero-order valence-corrected chi connectivity index (χ0v) is 14.5. The van der Waals surface area contributed by atoms with Gasteiger partial charge in [0.15, 0.2) is 0 Å². The fourth-order valence-corrected chi connectivity index (χ4v) is 3.20. The summed E-state index contributed by atoms with van der Waals surface area (Å²) >= 11 is 0. The van der Waals surface area contributed by atoms with Crippen molar-refractivity contribution >= 4 is 15.7 Å². The first kappa shape index (κ1) is 17.5. The number of anilines is 1.